The van der Waals surface area contributed by atoms with Gasteiger partial charge in [0.15, 0.2) is 0 Å². The van der Waals surface area contributed by atoms with Crippen LogP contribution in [0.3, 0.4) is 0 Å². The SMILES string of the molecule is O=[N+]([O-])c1ccc(CN2CCCC(c3ncc[nH]3)C2)cc1F. The van der Waals surface area contributed by atoms with Crippen LogP contribution in [0.25, 0.3) is 0 Å². The van der Waals surface area contributed by atoms with Crippen LogP contribution < -0.4 is 0 Å². The van der Waals surface area contributed by atoms with Crippen LogP contribution in [0.5, 0.6) is 0 Å². The fourth-order valence-corrected chi connectivity index (χ4v) is 2.98. The molecule has 116 valence electrons. The second-order valence-corrected chi connectivity index (χ2v) is 5.59. The first-order valence-corrected chi connectivity index (χ1v) is 7.28. The highest BCUT2D eigenvalue weighted by atomic mass is 19.1. The molecule has 2 heterocycles. The third-order valence-corrected chi connectivity index (χ3v) is 4.03. The van der Waals surface area contributed by atoms with Gasteiger partial charge in [-0.3, -0.25) is 15.0 Å². The molecule has 0 bridgehead atoms. The quantitative estimate of drug-likeness (QED) is 0.696. The van der Waals surface area contributed by atoms with Crippen molar-refractivity contribution in [1.29, 1.82) is 0 Å². The van der Waals surface area contributed by atoms with Crippen molar-refractivity contribution in [3.63, 3.8) is 0 Å². The van der Waals surface area contributed by atoms with E-state index < -0.39 is 16.4 Å². The summed E-state index contributed by atoms with van der Waals surface area (Å²) in [6.45, 7) is 2.38. The van der Waals surface area contributed by atoms with E-state index in [2.05, 4.69) is 14.9 Å². The molecule has 1 aromatic carbocycles. The van der Waals surface area contributed by atoms with Gasteiger partial charge in [-0.2, -0.15) is 4.39 Å². The summed E-state index contributed by atoms with van der Waals surface area (Å²) in [5.74, 6) is 0.563. The lowest BCUT2D eigenvalue weighted by molar-refractivity contribution is -0.387. The number of hydrogen-bond acceptors (Lipinski definition) is 4. The standard InChI is InChI=1S/C15H17FN4O2/c16-13-8-11(3-4-14(13)20(21)22)9-19-7-1-2-12(10-19)15-17-5-6-18-15/h3-6,8,12H,1-2,7,9-10H2,(H,17,18). The van der Waals surface area contributed by atoms with Crippen molar-refractivity contribution in [3.8, 4) is 0 Å². The molecule has 0 amide bonds. The lowest BCUT2D eigenvalue weighted by atomic mass is 9.97. The highest BCUT2D eigenvalue weighted by Crippen LogP contribution is 2.26. The molecule has 1 saturated heterocycles. The number of piperidine rings is 1. The summed E-state index contributed by atoms with van der Waals surface area (Å²) in [4.78, 5) is 19.6. The summed E-state index contributed by atoms with van der Waals surface area (Å²) in [6, 6.07) is 4.12. The monoisotopic (exact) mass is 304 g/mol. The van der Waals surface area contributed by atoms with E-state index >= 15 is 0 Å². The number of aromatic amines is 1. The molecule has 0 radical (unpaired) electrons. The Hall–Kier alpha value is -2.28. The summed E-state index contributed by atoms with van der Waals surface area (Å²) >= 11 is 0. The Morgan fingerprint density at radius 1 is 1.50 bits per heavy atom. The lowest BCUT2D eigenvalue weighted by Gasteiger charge is -2.31. The van der Waals surface area contributed by atoms with E-state index in [0.717, 1.165) is 37.3 Å². The van der Waals surface area contributed by atoms with E-state index in [9.17, 15) is 14.5 Å². The van der Waals surface area contributed by atoms with Crippen molar-refractivity contribution < 1.29 is 9.31 Å². The number of nitro groups is 1. The molecule has 0 saturated carbocycles. The topological polar surface area (TPSA) is 75.1 Å². The summed E-state index contributed by atoms with van der Waals surface area (Å²) in [5.41, 5.74) is 0.277. The van der Waals surface area contributed by atoms with E-state index in [1.54, 1.807) is 12.3 Å². The molecule has 22 heavy (non-hydrogen) atoms. The lowest BCUT2D eigenvalue weighted by Crippen LogP contribution is -2.34. The maximum absolute atomic E-state index is 13.7. The van der Waals surface area contributed by atoms with Gasteiger partial charge in [-0.25, -0.2) is 4.98 Å². The molecule has 2 aromatic rings. The third-order valence-electron chi connectivity index (χ3n) is 4.03. The van der Waals surface area contributed by atoms with E-state index in [-0.39, 0.29) is 0 Å². The van der Waals surface area contributed by atoms with E-state index in [4.69, 9.17) is 0 Å². The van der Waals surface area contributed by atoms with Crippen molar-refractivity contribution in [1.82, 2.24) is 14.9 Å². The molecule has 1 aromatic heterocycles. The number of halogens is 1. The maximum Gasteiger partial charge on any atom is 0.304 e. The highest BCUT2D eigenvalue weighted by Gasteiger charge is 2.23. The summed E-state index contributed by atoms with van der Waals surface area (Å²) in [6.07, 6.45) is 5.71. The second-order valence-electron chi connectivity index (χ2n) is 5.59. The molecule has 0 spiro atoms. The number of nitrogens with zero attached hydrogens (tertiary/aromatic N) is 3. The molecule has 0 aliphatic carbocycles. The Morgan fingerprint density at radius 3 is 3.05 bits per heavy atom. The van der Waals surface area contributed by atoms with Gasteiger partial charge in [0.1, 0.15) is 5.82 Å². The smallest absolute Gasteiger partial charge is 0.304 e. The zero-order valence-corrected chi connectivity index (χ0v) is 12.0. The molecule has 1 atom stereocenters. The fraction of sp³-hybridized carbons (Fsp3) is 0.400. The normalized spacial score (nSPS) is 19.2. The molecule has 1 aliphatic heterocycles. The Kier molecular flexibility index (Phi) is 4.15. The van der Waals surface area contributed by atoms with Crippen molar-refractivity contribution in [2.75, 3.05) is 13.1 Å². The van der Waals surface area contributed by atoms with Gasteiger partial charge >= 0.3 is 5.69 Å². The number of benzene rings is 1. The number of rotatable bonds is 4. The second kappa shape index (κ2) is 6.23. The van der Waals surface area contributed by atoms with E-state index in [0.29, 0.717) is 12.5 Å². The first kappa shape index (κ1) is 14.6. The van der Waals surface area contributed by atoms with Crippen LogP contribution in [-0.4, -0.2) is 32.9 Å². The van der Waals surface area contributed by atoms with E-state index in [1.165, 1.54) is 12.1 Å². The average molecular weight is 304 g/mol. The van der Waals surface area contributed by atoms with Gasteiger partial charge in [0, 0.05) is 37.5 Å². The Bertz CT molecular complexity index is 660. The maximum atomic E-state index is 13.7. The van der Waals surface area contributed by atoms with Gasteiger partial charge in [-0.1, -0.05) is 6.07 Å². The number of imidazole rings is 1. The summed E-state index contributed by atoms with van der Waals surface area (Å²) < 4.78 is 13.7. The van der Waals surface area contributed by atoms with Gasteiger partial charge in [-0.05, 0) is 31.0 Å². The first-order valence-electron chi connectivity index (χ1n) is 7.28. The van der Waals surface area contributed by atoms with Crippen LogP contribution in [-0.2, 0) is 6.54 Å². The van der Waals surface area contributed by atoms with Crippen LogP contribution in [0.1, 0.15) is 30.1 Å². The summed E-state index contributed by atoms with van der Waals surface area (Å²) in [5, 5.41) is 10.6. The predicted octanol–water partition coefficient (Wildman–Crippen LogP) is 2.84. The minimum Gasteiger partial charge on any atom is -0.348 e. The zero-order valence-electron chi connectivity index (χ0n) is 12.0. The summed E-state index contributed by atoms with van der Waals surface area (Å²) in [7, 11) is 0. The largest absolute Gasteiger partial charge is 0.348 e. The fourth-order valence-electron chi connectivity index (χ4n) is 2.98. The van der Waals surface area contributed by atoms with Crippen molar-refractivity contribution in [2.45, 2.75) is 25.3 Å². The van der Waals surface area contributed by atoms with Crippen LogP contribution in [0, 0.1) is 15.9 Å². The molecule has 1 unspecified atom stereocenters. The molecular formula is C15H17FN4O2. The Morgan fingerprint density at radius 2 is 2.36 bits per heavy atom. The van der Waals surface area contributed by atoms with Crippen molar-refractivity contribution in [3.05, 3.63) is 57.9 Å². The third kappa shape index (κ3) is 3.14. The van der Waals surface area contributed by atoms with Gasteiger partial charge in [-0.15, -0.1) is 0 Å². The highest BCUT2D eigenvalue weighted by molar-refractivity contribution is 5.35. The van der Waals surface area contributed by atoms with E-state index in [1.807, 2.05) is 6.20 Å². The van der Waals surface area contributed by atoms with Gasteiger partial charge in [0.05, 0.1) is 4.92 Å². The zero-order chi connectivity index (χ0) is 15.5. The van der Waals surface area contributed by atoms with Gasteiger partial charge in [0.2, 0.25) is 5.82 Å². The number of likely N-dealkylation sites (tertiary alicyclic amines) is 1. The van der Waals surface area contributed by atoms with Gasteiger partial charge in [0.25, 0.3) is 0 Å². The molecule has 1 fully saturated rings. The first-order chi connectivity index (χ1) is 10.6. The molecule has 1 aliphatic rings. The molecular weight excluding hydrogens is 287 g/mol. The number of hydrogen-bond donors (Lipinski definition) is 1. The van der Waals surface area contributed by atoms with Crippen molar-refractivity contribution >= 4 is 5.69 Å². The molecule has 6 nitrogen and oxygen atoms in total. The Balaban J connectivity index is 1.68. The molecule has 3 rings (SSSR count). The Labute approximate surface area is 127 Å². The number of nitrogens with one attached hydrogen (secondary N) is 1. The minimum atomic E-state index is -0.776. The van der Waals surface area contributed by atoms with Crippen LogP contribution >= 0.6 is 0 Å². The van der Waals surface area contributed by atoms with Crippen molar-refractivity contribution in [2.24, 2.45) is 0 Å². The number of aromatic nitrogens is 2. The van der Waals surface area contributed by atoms with Crippen LogP contribution in [0.2, 0.25) is 0 Å². The number of nitro benzene ring substituents is 1. The molecule has 1 N–H and O–H groups in total. The predicted molar refractivity (Wildman–Crippen MR) is 78.9 cm³/mol. The minimum absolute atomic E-state index is 0.353. The van der Waals surface area contributed by atoms with Gasteiger partial charge < -0.3 is 4.98 Å². The number of H-pyrrole nitrogens is 1. The average Bonchev–Trinajstić information content (AvgIpc) is 3.01. The van der Waals surface area contributed by atoms with Crippen LogP contribution in [0.15, 0.2) is 30.6 Å². The molecule has 7 heteroatoms. The van der Waals surface area contributed by atoms with Crippen LogP contribution in [0.4, 0.5) is 10.1 Å².